The Hall–Kier alpha value is -1.45. The summed E-state index contributed by atoms with van der Waals surface area (Å²) in [6.45, 7) is 3.92. The third-order valence-electron chi connectivity index (χ3n) is 1.74. The number of carbonyl (C=O) groups is 1. The number of rotatable bonds is 5. The molecule has 0 aliphatic heterocycles. The van der Waals surface area contributed by atoms with E-state index >= 15 is 0 Å². The summed E-state index contributed by atoms with van der Waals surface area (Å²) in [7, 11) is 0. The number of aromatic nitrogens is 2. The minimum atomic E-state index is 0.0752. The summed E-state index contributed by atoms with van der Waals surface area (Å²) in [5.74, 6) is 0.589. The zero-order valence-electron chi connectivity index (χ0n) is 8.58. The molecule has 4 nitrogen and oxygen atoms in total. The van der Waals surface area contributed by atoms with Crippen LogP contribution in [0.15, 0.2) is 12.4 Å². The average molecular weight is 193 g/mol. The summed E-state index contributed by atoms with van der Waals surface area (Å²) in [4.78, 5) is 18.9. The van der Waals surface area contributed by atoms with Gasteiger partial charge in [0.1, 0.15) is 5.78 Å². The van der Waals surface area contributed by atoms with Gasteiger partial charge in [0, 0.05) is 12.4 Å². The maximum absolute atomic E-state index is 10.7. The van der Waals surface area contributed by atoms with E-state index in [-0.39, 0.29) is 12.3 Å². The molecule has 0 atom stereocenters. The number of hydrogen-bond acceptors (Lipinski definition) is 4. The van der Waals surface area contributed by atoms with Gasteiger partial charge in [-0.2, -0.15) is 0 Å². The lowest BCUT2D eigenvalue weighted by atomic mass is 10.2. The minimum Gasteiger partial charge on any atom is -0.347 e. The Kier molecular flexibility index (Phi) is 4.04. The normalized spacial score (nSPS) is 9.86. The first-order valence-corrected chi connectivity index (χ1v) is 4.76. The van der Waals surface area contributed by atoms with E-state index in [0.29, 0.717) is 5.95 Å². The van der Waals surface area contributed by atoms with Crippen molar-refractivity contribution in [1.29, 1.82) is 0 Å². The number of nitrogens with one attached hydrogen (secondary N) is 1. The van der Waals surface area contributed by atoms with Gasteiger partial charge in [0.05, 0.1) is 6.54 Å². The van der Waals surface area contributed by atoms with Crippen LogP contribution in [0, 0.1) is 0 Å². The maximum atomic E-state index is 10.7. The van der Waals surface area contributed by atoms with Gasteiger partial charge in [-0.15, -0.1) is 0 Å². The lowest BCUT2D eigenvalue weighted by Crippen LogP contribution is -2.12. The highest BCUT2D eigenvalue weighted by molar-refractivity contribution is 5.79. The SMILES string of the molecule is CCCc1cnc(NCC(C)=O)nc1. The average Bonchev–Trinajstić information content (AvgIpc) is 2.17. The Morgan fingerprint density at radius 3 is 2.57 bits per heavy atom. The number of Topliss-reactive ketones (excluding diaryl/α,β-unsaturated/α-hetero) is 1. The van der Waals surface area contributed by atoms with Crippen LogP contribution in [0.25, 0.3) is 0 Å². The molecule has 0 saturated carbocycles. The third kappa shape index (κ3) is 3.51. The van der Waals surface area contributed by atoms with Gasteiger partial charge < -0.3 is 5.32 Å². The molecule has 1 rings (SSSR count). The van der Waals surface area contributed by atoms with E-state index in [1.165, 1.54) is 6.92 Å². The van der Waals surface area contributed by atoms with Crippen molar-refractivity contribution < 1.29 is 4.79 Å². The Balaban J connectivity index is 2.50. The molecule has 0 aliphatic carbocycles. The molecule has 0 saturated heterocycles. The highest BCUT2D eigenvalue weighted by Gasteiger charge is 1.97. The molecule has 0 bridgehead atoms. The molecule has 0 fully saturated rings. The second kappa shape index (κ2) is 5.32. The van der Waals surface area contributed by atoms with Crippen molar-refractivity contribution in [2.75, 3.05) is 11.9 Å². The van der Waals surface area contributed by atoms with Gasteiger partial charge >= 0.3 is 0 Å². The Bertz CT molecular complexity index is 295. The van der Waals surface area contributed by atoms with Crippen LogP contribution in [0.4, 0.5) is 5.95 Å². The van der Waals surface area contributed by atoms with E-state index in [9.17, 15) is 4.79 Å². The van der Waals surface area contributed by atoms with Crippen molar-refractivity contribution in [2.45, 2.75) is 26.7 Å². The largest absolute Gasteiger partial charge is 0.347 e. The Morgan fingerprint density at radius 2 is 2.07 bits per heavy atom. The number of ketones is 1. The van der Waals surface area contributed by atoms with Crippen LogP contribution in [0.3, 0.4) is 0 Å². The molecule has 0 spiro atoms. The summed E-state index contributed by atoms with van der Waals surface area (Å²) in [6, 6.07) is 0. The van der Waals surface area contributed by atoms with E-state index in [0.717, 1.165) is 18.4 Å². The predicted octanol–water partition coefficient (Wildman–Crippen LogP) is 1.43. The number of aryl methyl sites for hydroxylation is 1. The van der Waals surface area contributed by atoms with Gasteiger partial charge in [0.2, 0.25) is 5.95 Å². The topological polar surface area (TPSA) is 54.9 Å². The third-order valence-corrected chi connectivity index (χ3v) is 1.74. The number of anilines is 1. The van der Waals surface area contributed by atoms with Crippen molar-refractivity contribution in [3.05, 3.63) is 18.0 Å². The lowest BCUT2D eigenvalue weighted by Gasteiger charge is -2.02. The molecule has 4 heteroatoms. The summed E-state index contributed by atoms with van der Waals surface area (Å²) in [5.41, 5.74) is 1.13. The summed E-state index contributed by atoms with van der Waals surface area (Å²) in [6.07, 6.45) is 5.66. The number of hydrogen-bond donors (Lipinski definition) is 1. The predicted molar refractivity (Wildman–Crippen MR) is 55.2 cm³/mol. The minimum absolute atomic E-state index is 0.0752. The monoisotopic (exact) mass is 193 g/mol. The van der Waals surface area contributed by atoms with E-state index in [1.807, 2.05) is 0 Å². The van der Waals surface area contributed by atoms with Crippen LogP contribution in [0.1, 0.15) is 25.8 Å². The molecule has 0 unspecified atom stereocenters. The van der Waals surface area contributed by atoms with Crippen molar-refractivity contribution in [2.24, 2.45) is 0 Å². The van der Waals surface area contributed by atoms with E-state index in [1.54, 1.807) is 12.4 Å². The molecule has 76 valence electrons. The van der Waals surface area contributed by atoms with Crippen LogP contribution in [0.5, 0.6) is 0 Å². The number of nitrogens with zero attached hydrogens (tertiary/aromatic N) is 2. The first-order chi connectivity index (χ1) is 6.72. The van der Waals surface area contributed by atoms with Crippen LogP contribution >= 0.6 is 0 Å². The van der Waals surface area contributed by atoms with E-state index in [4.69, 9.17) is 0 Å². The van der Waals surface area contributed by atoms with Crippen LogP contribution in [0.2, 0.25) is 0 Å². The van der Waals surface area contributed by atoms with Gasteiger partial charge in [-0.05, 0) is 18.9 Å². The second-order valence-corrected chi connectivity index (χ2v) is 3.22. The van der Waals surface area contributed by atoms with Gasteiger partial charge in [-0.3, -0.25) is 4.79 Å². The van der Waals surface area contributed by atoms with Crippen molar-refractivity contribution in [3.8, 4) is 0 Å². The lowest BCUT2D eigenvalue weighted by molar-refractivity contribution is -0.115. The summed E-state index contributed by atoms with van der Waals surface area (Å²) in [5, 5.41) is 2.84. The Morgan fingerprint density at radius 1 is 1.43 bits per heavy atom. The highest BCUT2D eigenvalue weighted by Crippen LogP contribution is 2.02. The molecule has 1 aromatic heterocycles. The fraction of sp³-hybridized carbons (Fsp3) is 0.500. The molecule has 0 aliphatic rings. The first kappa shape index (κ1) is 10.6. The number of carbonyl (C=O) groups excluding carboxylic acids is 1. The Labute approximate surface area is 83.8 Å². The molecular weight excluding hydrogens is 178 g/mol. The van der Waals surface area contributed by atoms with Gasteiger partial charge in [0.15, 0.2) is 0 Å². The standard InChI is InChI=1S/C10H15N3O/c1-3-4-9-6-12-10(13-7-9)11-5-8(2)14/h6-7H,3-5H2,1-2H3,(H,11,12,13). The molecule has 14 heavy (non-hydrogen) atoms. The van der Waals surface area contributed by atoms with Gasteiger partial charge in [-0.25, -0.2) is 9.97 Å². The fourth-order valence-electron chi connectivity index (χ4n) is 1.07. The molecule has 0 amide bonds. The smallest absolute Gasteiger partial charge is 0.222 e. The van der Waals surface area contributed by atoms with Gasteiger partial charge in [0.25, 0.3) is 0 Å². The molecule has 1 N–H and O–H groups in total. The quantitative estimate of drug-likeness (QED) is 0.768. The highest BCUT2D eigenvalue weighted by atomic mass is 16.1. The van der Waals surface area contributed by atoms with Crippen LogP contribution in [-0.2, 0) is 11.2 Å². The van der Waals surface area contributed by atoms with E-state index in [2.05, 4.69) is 22.2 Å². The van der Waals surface area contributed by atoms with Gasteiger partial charge in [-0.1, -0.05) is 13.3 Å². The molecule has 1 aromatic rings. The summed E-state index contributed by atoms with van der Waals surface area (Å²) < 4.78 is 0. The van der Waals surface area contributed by atoms with E-state index < -0.39 is 0 Å². The van der Waals surface area contributed by atoms with Crippen LogP contribution < -0.4 is 5.32 Å². The molecule has 0 aromatic carbocycles. The van der Waals surface area contributed by atoms with Crippen molar-refractivity contribution in [1.82, 2.24) is 9.97 Å². The molecular formula is C10H15N3O. The molecule has 1 heterocycles. The molecule has 0 radical (unpaired) electrons. The zero-order chi connectivity index (χ0) is 10.4. The fourth-order valence-corrected chi connectivity index (χ4v) is 1.07. The van der Waals surface area contributed by atoms with Crippen LogP contribution in [-0.4, -0.2) is 22.3 Å². The van der Waals surface area contributed by atoms with Crippen molar-refractivity contribution in [3.63, 3.8) is 0 Å². The maximum Gasteiger partial charge on any atom is 0.222 e. The first-order valence-electron chi connectivity index (χ1n) is 4.76. The zero-order valence-corrected chi connectivity index (χ0v) is 8.58. The second-order valence-electron chi connectivity index (χ2n) is 3.22. The summed E-state index contributed by atoms with van der Waals surface area (Å²) >= 11 is 0. The van der Waals surface area contributed by atoms with Crippen molar-refractivity contribution >= 4 is 11.7 Å².